The number of H-pyrrole nitrogens is 1. The minimum atomic E-state index is 0.0385. The first-order valence-corrected chi connectivity index (χ1v) is 7.46. The third kappa shape index (κ3) is 1.55. The van der Waals surface area contributed by atoms with Crippen LogP contribution >= 0.6 is 23.6 Å². The van der Waals surface area contributed by atoms with Gasteiger partial charge in [0.15, 0.2) is 0 Å². The van der Waals surface area contributed by atoms with Crippen molar-refractivity contribution in [1.29, 1.82) is 0 Å². The fourth-order valence-electron chi connectivity index (χ4n) is 2.61. The Morgan fingerprint density at radius 3 is 3.10 bits per heavy atom. The Labute approximate surface area is 122 Å². The SMILES string of the molecule is Cc1c(-c2n[nH]c(=S)o2)sc2nc3n(c(=O)c12)CCC3. The van der Waals surface area contributed by atoms with Gasteiger partial charge in [0.05, 0.1) is 10.3 Å². The van der Waals surface area contributed by atoms with Crippen molar-refractivity contribution < 1.29 is 4.42 Å². The number of rotatable bonds is 1. The van der Waals surface area contributed by atoms with Crippen LogP contribution < -0.4 is 5.56 Å². The van der Waals surface area contributed by atoms with E-state index in [4.69, 9.17) is 16.6 Å². The molecular formula is C12H10N4O2S2. The van der Waals surface area contributed by atoms with Gasteiger partial charge in [-0.05, 0) is 31.1 Å². The Morgan fingerprint density at radius 1 is 1.50 bits per heavy atom. The molecule has 0 bridgehead atoms. The second-order valence-corrected chi connectivity index (χ2v) is 6.11. The maximum atomic E-state index is 12.5. The molecule has 0 fully saturated rings. The molecule has 4 heterocycles. The Morgan fingerprint density at radius 2 is 2.35 bits per heavy atom. The first-order valence-electron chi connectivity index (χ1n) is 6.24. The molecule has 102 valence electrons. The summed E-state index contributed by atoms with van der Waals surface area (Å²) in [6, 6.07) is 0. The summed E-state index contributed by atoms with van der Waals surface area (Å²) in [5.41, 5.74) is 0.895. The predicted molar refractivity (Wildman–Crippen MR) is 77.6 cm³/mol. The van der Waals surface area contributed by atoms with E-state index < -0.39 is 0 Å². The number of aromatic nitrogens is 4. The third-order valence-electron chi connectivity index (χ3n) is 3.54. The van der Waals surface area contributed by atoms with Crippen molar-refractivity contribution in [3.63, 3.8) is 0 Å². The molecule has 0 amide bonds. The molecule has 0 aromatic carbocycles. The summed E-state index contributed by atoms with van der Waals surface area (Å²) in [6.45, 7) is 2.65. The molecule has 0 saturated carbocycles. The van der Waals surface area contributed by atoms with E-state index >= 15 is 0 Å². The van der Waals surface area contributed by atoms with Crippen LogP contribution in [0, 0.1) is 11.8 Å². The largest absolute Gasteiger partial charge is 0.408 e. The Bertz CT molecular complexity index is 947. The van der Waals surface area contributed by atoms with E-state index in [2.05, 4.69) is 15.2 Å². The van der Waals surface area contributed by atoms with E-state index in [1.165, 1.54) is 11.3 Å². The van der Waals surface area contributed by atoms with Gasteiger partial charge < -0.3 is 4.42 Å². The van der Waals surface area contributed by atoms with Crippen molar-refractivity contribution in [2.45, 2.75) is 26.3 Å². The maximum Gasteiger partial charge on any atom is 0.284 e. The monoisotopic (exact) mass is 306 g/mol. The average Bonchev–Trinajstić information content (AvgIpc) is 3.09. The molecule has 0 unspecified atom stereocenters. The molecule has 0 saturated heterocycles. The third-order valence-corrected chi connectivity index (χ3v) is 4.89. The lowest BCUT2D eigenvalue weighted by Crippen LogP contribution is -2.20. The molecule has 1 N–H and O–H groups in total. The lowest BCUT2D eigenvalue weighted by molar-refractivity contribution is 0.553. The Balaban J connectivity index is 2.07. The molecule has 3 aromatic rings. The van der Waals surface area contributed by atoms with Crippen LogP contribution in [-0.4, -0.2) is 19.7 Å². The number of aryl methyl sites for hydroxylation is 2. The van der Waals surface area contributed by atoms with Gasteiger partial charge >= 0.3 is 0 Å². The molecule has 8 heteroatoms. The highest BCUT2D eigenvalue weighted by Gasteiger charge is 2.22. The molecule has 0 spiro atoms. The van der Waals surface area contributed by atoms with Crippen molar-refractivity contribution in [1.82, 2.24) is 19.7 Å². The number of hydrogen-bond acceptors (Lipinski definition) is 6. The van der Waals surface area contributed by atoms with Gasteiger partial charge in [0.1, 0.15) is 10.7 Å². The molecule has 1 aliphatic rings. The number of nitrogens with zero attached hydrogens (tertiary/aromatic N) is 3. The zero-order valence-corrected chi connectivity index (χ0v) is 12.2. The standard InChI is InChI=1S/C12H10N4O2S2/c1-5-7-10(13-6-3-2-4-16(6)11(7)17)20-8(5)9-14-15-12(19)18-9/h2-4H2,1H3,(H,15,19). The second kappa shape index (κ2) is 4.10. The molecule has 0 atom stereocenters. The first-order chi connectivity index (χ1) is 9.65. The van der Waals surface area contributed by atoms with Crippen molar-refractivity contribution in [2.24, 2.45) is 0 Å². The molecule has 6 nitrogen and oxygen atoms in total. The summed E-state index contributed by atoms with van der Waals surface area (Å²) in [5.74, 6) is 1.29. The van der Waals surface area contributed by atoms with Gasteiger partial charge in [0.25, 0.3) is 16.3 Å². The number of thiophene rings is 1. The van der Waals surface area contributed by atoms with Crippen LogP contribution in [-0.2, 0) is 13.0 Å². The summed E-state index contributed by atoms with van der Waals surface area (Å²) < 4.78 is 7.11. The van der Waals surface area contributed by atoms with Gasteiger partial charge in [0, 0.05) is 13.0 Å². The van der Waals surface area contributed by atoms with Gasteiger partial charge in [-0.2, -0.15) is 0 Å². The number of hydrogen-bond donors (Lipinski definition) is 1. The van der Waals surface area contributed by atoms with Crippen LogP contribution in [0.25, 0.3) is 21.0 Å². The van der Waals surface area contributed by atoms with E-state index in [0.717, 1.165) is 40.5 Å². The van der Waals surface area contributed by atoms with Crippen LogP contribution in [0.5, 0.6) is 0 Å². The zero-order chi connectivity index (χ0) is 13.9. The fourth-order valence-corrected chi connectivity index (χ4v) is 3.85. The summed E-state index contributed by atoms with van der Waals surface area (Å²) in [5, 5.41) is 7.29. The Kier molecular flexibility index (Phi) is 2.45. The van der Waals surface area contributed by atoms with Gasteiger partial charge in [-0.25, -0.2) is 10.1 Å². The minimum absolute atomic E-state index is 0.0385. The molecule has 20 heavy (non-hydrogen) atoms. The summed E-state index contributed by atoms with van der Waals surface area (Å²) in [4.78, 5) is 18.9. The fraction of sp³-hybridized carbons (Fsp3) is 0.333. The maximum absolute atomic E-state index is 12.5. The van der Waals surface area contributed by atoms with Crippen LogP contribution in [0.1, 0.15) is 17.8 Å². The van der Waals surface area contributed by atoms with Crippen LogP contribution in [0.4, 0.5) is 0 Å². The summed E-state index contributed by atoms with van der Waals surface area (Å²) in [6.07, 6.45) is 1.85. The topological polar surface area (TPSA) is 76.7 Å². The van der Waals surface area contributed by atoms with E-state index in [0.29, 0.717) is 11.3 Å². The normalized spacial score (nSPS) is 14.1. The highest BCUT2D eigenvalue weighted by molar-refractivity contribution is 7.71. The van der Waals surface area contributed by atoms with Crippen molar-refractivity contribution >= 4 is 33.8 Å². The number of aromatic amines is 1. The quantitative estimate of drug-likeness (QED) is 0.699. The molecule has 1 aliphatic heterocycles. The van der Waals surface area contributed by atoms with E-state index in [9.17, 15) is 4.79 Å². The first kappa shape index (κ1) is 12.0. The lowest BCUT2D eigenvalue weighted by atomic mass is 10.2. The lowest BCUT2D eigenvalue weighted by Gasteiger charge is -2.01. The summed E-state index contributed by atoms with van der Waals surface area (Å²) >= 11 is 6.31. The van der Waals surface area contributed by atoms with E-state index in [-0.39, 0.29) is 10.4 Å². The van der Waals surface area contributed by atoms with Crippen molar-refractivity contribution in [3.8, 4) is 10.8 Å². The van der Waals surface area contributed by atoms with Crippen LogP contribution in [0.15, 0.2) is 9.21 Å². The number of nitrogens with one attached hydrogen (secondary N) is 1. The van der Waals surface area contributed by atoms with Crippen LogP contribution in [0.2, 0.25) is 0 Å². The van der Waals surface area contributed by atoms with Crippen LogP contribution in [0.3, 0.4) is 0 Å². The molecule has 0 aliphatic carbocycles. The van der Waals surface area contributed by atoms with Crippen molar-refractivity contribution in [2.75, 3.05) is 0 Å². The zero-order valence-electron chi connectivity index (χ0n) is 10.6. The molecule has 4 rings (SSSR count). The average molecular weight is 306 g/mol. The second-order valence-electron chi connectivity index (χ2n) is 4.74. The highest BCUT2D eigenvalue weighted by Crippen LogP contribution is 2.35. The van der Waals surface area contributed by atoms with Gasteiger partial charge in [0.2, 0.25) is 0 Å². The van der Waals surface area contributed by atoms with Crippen molar-refractivity contribution in [3.05, 3.63) is 26.6 Å². The molecule has 0 radical (unpaired) electrons. The molecular weight excluding hydrogens is 296 g/mol. The van der Waals surface area contributed by atoms with Gasteiger partial charge in [-0.1, -0.05) is 0 Å². The highest BCUT2D eigenvalue weighted by atomic mass is 32.1. The van der Waals surface area contributed by atoms with Gasteiger partial charge in [-0.3, -0.25) is 9.36 Å². The number of fused-ring (bicyclic) bond motifs is 2. The Hall–Kier alpha value is -1.80. The predicted octanol–water partition coefficient (Wildman–Crippen LogP) is 2.43. The van der Waals surface area contributed by atoms with Gasteiger partial charge in [-0.15, -0.1) is 16.4 Å². The molecule has 3 aromatic heterocycles. The van der Waals surface area contributed by atoms with E-state index in [1.807, 2.05) is 6.92 Å². The van der Waals surface area contributed by atoms with E-state index in [1.54, 1.807) is 4.57 Å². The minimum Gasteiger partial charge on any atom is -0.408 e. The smallest absolute Gasteiger partial charge is 0.284 e. The summed E-state index contributed by atoms with van der Waals surface area (Å²) in [7, 11) is 0.